The molecule has 0 aromatic heterocycles. The molecule has 2 N–H and O–H groups in total. The summed E-state index contributed by atoms with van der Waals surface area (Å²) in [7, 11) is 6.28. The number of likely N-dealkylation sites (N-methyl/N-ethyl adjacent to an activating group) is 1. The van der Waals surface area contributed by atoms with Gasteiger partial charge in [0, 0.05) is 41.0 Å². The number of carbonyl (C=O) groups excluding carboxylic acids is 1. The SMILES string of the molecule is COc1cc(NC(=S)NC2N=C(c3ccccc3)c3cc(Cl)ccc3N(C)C2=O)cc(OC)c1OC. The summed E-state index contributed by atoms with van der Waals surface area (Å²) in [6, 6.07) is 18.4. The number of halogens is 1. The molecule has 1 aliphatic rings. The summed E-state index contributed by atoms with van der Waals surface area (Å²) < 4.78 is 16.2. The van der Waals surface area contributed by atoms with Gasteiger partial charge in [-0.1, -0.05) is 41.9 Å². The molecule has 0 aliphatic carbocycles. The lowest BCUT2D eigenvalue weighted by Gasteiger charge is -2.22. The molecule has 1 atom stereocenters. The number of aliphatic imine (C=N–C) groups is 1. The number of rotatable bonds is 6. The monoisotopic (exact) mass is 524 g/mol. The van der Waals surface area contributed by atoms with Crippen molar-refractivity contribution in [3.63, 3.8) is 0 Å². The normalized spacial score (nSPS) is 14.8. The van der Waals surface area contributed by atoms with Crippen LogP contribution in [0.5, 0.6) is 17.2 Å². The fourth-order valence-electron chi connectivity index (χ4n) is 3.91. The van der Waals surface area contributed by atoms with Crippen molar-refractivity contribution in [3.8, 4) is 17.2 Å². The van der Waals surface area contributed by atoms with Crippen molar-refractivity contribution in [1.29, 1.82) is 0 Å². The minimum Gasteiger partial charge on any atom is -0.493 e. The lowest BCUT2D eigenvalue weighted by atomic mass is 10.0. The molecular formula is C26H25ClN4O4S. The third-order valence-electron chi connectivity index (χ3n) is 5.64. The van der Waals surface area contributed by atoms with Crippen molar-refractivity contribution in [1.82, 2.24) is 5.32 Å². The van der Waals surface area contributed by atoms with E-state index in [9.17, 15) is 4.79 Å². The number of nitrogens with one attached hydrogen (secondary N) is 2. The minimum absolute atomic E-state index is 0.191. The lowest BCUT2D eigenvalue weighted by Crippen LogP contribution is -2.47. The van der Waals surface area contributed by atoms with Gasteiger partial charge in [0.2, 0.25) is 11.9 Å². The van der Waals surface area contributed by atoms with Gasteiger partial charge in [-0.15, -0.1) is 0 Å². The number of amides is 1. The number of methoxy groups -OCH3 is 3. The first-order chi connectivity index (χ1) is 17.4. The molecule has 0 radical (unpaired) electrons. The van der Waals surface area contributed by atoms with Crippen LogP contribution in [-0.4, -0.2) is 51.3 Å². The summed E-state index contributed by atoms with van der Waals surface area (Å²) >= 11 is 11.9. The van der Waals surface area contributed by atoms with Gasteiger partial charge in [-0.3, -0.25) is 4.79 Å². The Balaban J connectivity index is 1.68. The van der Waals surface area contributed by atoms with E-state index in [0.29, 0.717) is 39.4 Å². The molecule has 0 saturated carbocycles. The van der Waals surface area contributed by atoms with E-state index in [1.807, 2.05) is 36.4 Å². The Bertz CT molecular complexity index is 1310. The van der Waals surface area contributed by atoms with E-state index < -0.39 is 6.17 Å². The lowest BCUT2D eigenvalue weighted by molar-refractivity contribution is -0.119. The maximum atomic E-state index is 13.4. The Labute approximate surface area is 219 Å². The standard InChI is InChI=1S/C26H25ClN4O4S/c1-31-19-11-10-16(27)12-18(19)22(15-8-6-5-7-9-15)29-24(25(31)32)30-26(36)28-17-13-20(33-2)23(35-4)21(14-17)34-3/h5-14,24H,1-4H3,(H2,28,30,36). The molecule has 1 amide bonds. The first-order valence-corrected chi connectivity index (χ1v) is 11.7. The highest BCUT2D eigenvalue weighted by Crippen LogP contribution is 2.40. The molecule has 10 heteroatoms. The van der Waals surface area contributed by atoms with Gasteiger partial charge in [-0.05, 0) is 30.4 Å². The average molecular weight is 525 g/mol. The molecule has 3 aromatic carbocycles. The zero-order valence-electron chi connectivity index (χ0n) is 20.2. The van der Waals surface area contributed by atoms with Gasteiger partial charge < -0.3 is 29.7 Å². The molecule has 36 heavy (non-hydrogen) atoms. The van der Waals surface area contributed by atoms with E-state index in [1.54, 1.807) is 36.2 Å². The number of nitrogens with zero attached hydrogens (tertiary/aromatic N) is 2. The Hall–Kier alpha value is -3.82. The molecule has 0 fully saturated rings. The van der Waals surface area contributed by atoms with Crippen LogP contribution < -0.4 is 29.7 Å². The topological polar surface area (TPSA) is 84.4 Å². The smallest absolute Gasteiger partial charge is 0.272 e. The van der Waals surface area contributed by atoms with Crippen molar-refractivity contribution in [2.24, 2.45) is 4.99 Å². The number of benzene rings is 3. The van der Waals surface area contributed by atoms with E-state index >= 15 is 0 Å². The fraction of sp³-hybridized carbons (Fsp3) is 0.192. The summed E-state index contributed by atoms with van der Waals surface area (Å²) in [6.45, 7) is 0. The molecule has 3 aromatic rings. The zero-order valence-corrected chi connectivity index (χ0v) is 21.7. The second-order valence-corrected chi connectivity index (χ2v) is 8.66. The largest absolute Gasteiger partial charge is 0.493 e. The van der Waals surface area contributed by atoms with Crippen molar-refractivity contribution < 1.29 is 19.0 Å². The highest BCUT2D eigenvalue weighted by Gasteiger charge is 2.30. The van der Waals surface area contributed by atoms with Crippen molar-refractivity contribution in [3.05, 3.63) is 76.8 Å². The Morgan fingerprint density at radius 1 is 1.00 bits per heavy atom. The quantitative estimate of drug-likeness (QED) is 0.459. The van der Waals surface area contributed by atoms with Crippen LogP contribution in [0.15, 0.2) is 65.7 Å². The summed E-state index contributed by atoms with van der Waals surface area (Å²) in [5, 5.41) is 6.85. The van der Waals surface area contributed by atoms with E-state index in [1.165, 1.54) is 21.3 Å². The highest BCUT2D eigenvalue weighted by atomic mass is 35.5. The summed E-state index contributed by atoms with van der Waals surface area (Å²) in [4.78, 5) is 19.8. The number of benzodiazepines with no additional fused rings is 1. The Morgan fingerprint density at radius 2 is 1.67 bits per heavy atom. The first-order valence-electron chi connectivity index (χ1n) is 10.9. The summed E-state index contributed by atoms with van der Waals surface area (Å²) in [6.07, 6.45) is -0.988. The van der Waals surface area contributed by atoms with Crippen LogP contribution in [0.3, 0.4) is 0 Å². The number of ether oxygens (including phenoxy) is 3. The maximum absolute atomic E-state index is 13.4. The number of carbonyl (C=O) groups is 1. The second-order valence-electron chi connectivity index (χ2n) is 7.82. The van der Waals surface area contributed by atoms with Crippen LogP contribution in [0.2, 0.25) is 5.02 Å². The maximum Gasteiger partial charge on any atom is 0.272 e. The van der Waals surface area contributed by atoms with Gasteiger partial charge in [0.25, 0.3) is 5.91 Å². The van der Waals surface area contributed by atoms with Gasteiger partial charge in [0.1, 0.15) is 0 Å². The number of thiocarbonyl (C=S) groups is 1. The number of hydrogen-bond acceptors (Lipinski definition) is 6. The Kier molecular flexibility index (Phi) is 7.61. The van der Waals surface area contributed by atoms with Crippen molar-refractivity contribution in [2.75, 3.05) is 38.6 Å². The molecule has 0 saturated heterocycles. The third-order valence-corrected chi connectivity index (χ3v) is 6.09. The van der Waals surface area contributed by atoms with Crippen LogP contribution in [0, 0.1) is 0 Å². The number of fused-ring (bicyclic) bond motifs is 1. The van der Waals surface area contributed by atoms with Crippen molar-refractivity contribution in [2.45, 2.75) is 6.17 Å². The average Bonchev–Trinajstić information content (AvgIpc) is 2.98. The van der Waals surface area contributed by atoms with Crippen LogP contribution in [-0.2, 0) is 4.79 Å². The van der Waals surface area contributed by atoms with Crippen LogP contribution in [0.1, 0.15) is 11.1 Å². The zero-order chi connectivity index (χ0) is 25.8. The Morgan fingerprint density at radius 3 is 2.28 bits per heavy atom. The van der Waals surface area contributed by atoms with Crippen molar-refractivity contribution >= 4 is 51.9 Å². The van der Waals surface area contributed by atoms with Gasteiger partial charge in [-0.2, -0.15) is 0 Å². The van der Waals surface area contributed by atoms with E-state index in [-0.39, 0.29) is 11.0 Å². The van der Waals surface area contributed by atoms with Gasteiger partial charge >= 0.3 is 0 Å². The van der Waals surface area contributed by atoms with E-state index in [2.05, 4.69) is 10.6 Å². The molecular weight excluding hydrogens is 500 g/mol. The molecule has 1 aliphatic heterocycles. The summed E-state index contributed by atoms with van der Waals surface area (Å²) in [5.74, 6) is 1.10. The summed E-state index contributed by atoms with van der Waals surface area (Å²) in [5.41, 5.74) is 3.49. The molecule has 186 valence electrons. The minimum atomic E-state index is -0.988. The van der Waals surface area contributed by atoms with Crippen LogP contribution in [0.4, 0.5) is 11.4 Å². The molecule has 1 unspecified atom stereocenters. The predicted octanol–water partition coefficient (Wildman–Crippen LogP) is 4.49. The second kappa shape index (κ2) is 10.8. The number of anilines is 2. The highest BCUT2D eigenvalue weighted by molar-refractivity contribution is 7.80. The number of hydrogen-bond donors (Lipinski definition) is 2. The fourth-order valence-corrected chi connectivity index (χ4v) is 4.31. The van der Waals surface area contributed by atoms with E-state index in [4.69, 9.17) is 43.0 Å². The van der Waals surface area contributed by atoms with Crippen LogP contribution >= 0.6 is 23.8 Å². The van der Waals surface area contributed by atoms with Crippen LogP contribution in [0.25, 0.3) is 0 Å². The van der Waals surface area contributed by atoms with Gasteiger partial charge in [-0.25, -0.2) is 4.99 Å². The first kappa shape index (κ1) is 25.3. The predicted molar refractivity (Wildman–Crippen MR) is 146 cm³/mol. The van der Waals surface area contributed by atoms with Gasteiger partial charge in [0.05, 0.1) is 32.7 Å². The van der Waals surface area contributed by atoms with Gasteiger partial charge in [0.15, 0.2) is 16.6 Å². The molecule has 1 heterocycles. The third kappa shape index (κ3) is 5.07. The van der Waals surface area contributed by atoms with E-state index in [0.717, 1.165) is 11.1 Å². The molecule has 0 bridgehead atoms. The molecule has 4 rings (SSSR count). The molecule has 8 nitrogen and oxygen atoms in total. The molecule has 0 spiro atoms.